The maximum atomic E-state index is 12.8. The van der Waals surface area contributed by atoms with Crippen molar-refractivity contribution in [2.45, 2.75) is 11.1 Å². The molecule has 12 heteroatoms. The molecule has 0 saturated heterocycles. The van der Waals surface area contributed by atoms with Crippen LogP contribution in [0, 0.1) is 0 Å². The van der Waals surface area contributed by atoms with Gasteiger partial charge < -0.3 is 5.32 Å². The molecule has 8 nitrogen and oxygen atoms in total. The lowest BCUT2D eigenvalue weighted by Gasteiger charge is -2.12. The molecule has 0 aliphatic heterocycles. The van der Waals surface area contributed by atoms with Gasteiger partial charge in [-0.3, -0.25) is 14.3 Å². The number of aromatic amines is 1. The fourth-order valence-corrected chi connectivity index (χ4v) is 3.41. The highest BCUT2D eigenvalue weighted by molar-refractivity contribution is 7.92. The Balaban J connectivity index is 1.74. The molecular weight excluding hydrogens is 425 g/mol. The van der Waals surface area contributed by atoms with Crippen LogP contribution in [0.3, 0.4) is 0 Å². The molecule has 1 amide bonds. The minimum Gasteiger partial charge on any atom is -0.321 e. The molecule has 0 unspecified atom stereocenters. The third-order valence-electron chi connectivity index (χ3n) is 3.78. The molecule has 0 aliphatic rings. The largest absolute Gasteiger partial charge is 0.416 e. The van der Waals surface area contributed by atoms with E-state index in [1.807, 2.05) is 0 Å². The Morgan fingerprint density at radius 2 is 1.67 bits per heavy atom. The minimum absolute atomic E-state index is 0.0579. The van der Waals surface area contributed by atoms with E-state index in [2.05, 4.69) is 20.2 Å². The van der Waals surface area contributed by atoms with Gasteiger partial charge in [-0.05, 0) is 48.5 Å². The van der Waals surface area contributed by atoms with Gasteiger partial charge >= 0.3 is 6.18 Å². The van der Waals surface area contributed by atoms with Gasteiger partial charge in [-0.1, -0.05) is 6.07 Å². The van der Waals surface area contributed by atoms with Gasteiger partial charge in [-0.25, -0.2) is 13.5 Å². The van der Waals surface area contributed by atoms with Gasteiger partial charge in [0.1, 0.15) is 5.69 Å². The van der Waals surface area contributed by atoms with E-state index in [0.29, 0.717) is 6.07 Å². The van der Waals surface area contributed by atoms with E-state index in [0.717, 1.165) is 18.2 Å². The van der Waals surface area contributed by atoms with E-state index in [1.54, 1.807) is 0 Å². The van der Waals surface area contributed by atoms with Crippen LogP contribution in [0.1, 0.15) is 16.1 Å². The van der Waals surface area contributed by atoms with Crippen molar-refractivity contribution in [1.82, 2.24) is 10.2 Å². The zero-order valence-corrected chi connectivity index (χ0v) is 15.7. The molecule has 0 atom stereocenters. The Hall–Kier alpha value is -3.67. The summed E-state index contributed by atoms with van der Waals surface area (Å²) < 4.78 is 65.3. The summed E-state index contributed by atoms with van der Waals surface area (Å²) in [6.45, 7) is 0. The second-order valence-electron chi connectivity index (χ2n) is 5.97. The lowest BCUT2D eigenvalue weighted by Crippen LogP contribution is -2.17. The molecule has 2 aromatic carbocycles. The Morgan fingerprint density at radius 3 is 2.27 bits per heavy atom. The summed E-state index contributed by atoms with van der Waals surface area (Å²) >= 11 is 0. The first-order valence-corrected chi connectivity index (χ1v) is 9.70. The fourth-order valence-electron chi connectivity index (χ4n) is 2.36. The molecule has 156 valence electrons. The number of carbonyl (C=O) groups excluding carboxylic acids is 1. The molecule has 3 N–H and O–H groups in total. The first kappa shape index (κ1) is 21.0. The zero-order chi connectivity index (χ0) is 21.9. The van der Waals surface area contributed by atoms with Crippen molar-refractivity contribution in [3.8, 4) is 0 Å². The average Bonchev–Trinajstić information content (AvgIpc) is 2.68. The summed E-state index contributed by atoms with van der Waals surface area (Å²) in [5.74, 6) is -0.635. The standard InChI is InChI=1S/C18H13F3N4O4S/c19-18(20,21)11-2-1-3-13(10-11)25-30(28,29)14-6-4-12(5-7-14)22-17(27)15-8-9-16(26)24-23-15/h1-10,25H,(H,22,27)(H,24,26). The number of aromatic nitrogens is 2. The van der Waals surface area contributed by atoms with Crippen molar-refractivity contribution in [3.05, 3.63) is 82.3 Å². The molecule has 0 bridgehead atoms. The summed E-state index contributed by atoms with van der Waals surface area (Å²) in [7, 11) is -4.16. The van der Waals surface area contributed by atoms with Crippen molar-refractivity contribution in [3.63, 3.8) is 0 Å². The molecule has 30 heavy (non-hydrogen) atoms. The fraction of sp³-hybridized carbons (Fsp3) is 0.0556. The number of H-pyrrole nitrogens is 1. The Morgan fingerprint density at radius 1 is 0.967 bits per heavy atom. The summed E-state index contributed by atoms with van der Waals surface area (Å²) in [4.78, 5) is 22.8. The average molecular weight is 438 g/mol. The van der Waals surface area contributed by atoms with Crippen LogP contribution in [-0.2, 0) is 16.2 Å². The van der Waals surface area contributed by atoms with Gasteiger partial charge in [0.2, 0.25) is 0 Å². The third-order valence-corrected chi connectivity index (χ3v) is 5.17. The molecule has 0 saturated carbocycles. The first-order valence-electron chi connectivity index (χ1n) is 8.22. The summed E-state index contributed by atoms with van der Waals surface area (Å²) in [6.07, 6.45) is -4.61. The summed E-state index contributed by atoms with van der Waals surface area (Å²) in [5.41, 5.74) is -1.53. The number of nitrogens with zero attached hydrogens (tertiary/aromatic N) is 1. The number of nitrogens with one attached hydrogen (secondary N) is 3. The molecule has 0 radical (unpaired) electrons. The number of benzene rings is 2. The Kier molecular flexibility index (Phi) is 5.60. The number of alkyl halides is 3. The van der Waals surface area contributed by atoms with Crippen molar-refractivity contribution < 1.29 is 26.4 Å². The van der Waals surface area contributed by atoms with Crippen LogP contribution in [-0.4, -0.2) is 24.5 Å². The highest BCUT2D eigenvalue weighted by atomic mass is 32.2. The number of sulfonamides is 1. The van der Waals surface area contributed by atoms with E-state index in [-0.39, 0.29) is 22.0 Å². The predicted octanol–water partition coefficient (Wildman–Crippen LogP) is 2.84. The molecule has 0 fully saturated rings. The minimum atomic E-state index is -4.61. The van der Waals surface area contributed by atoms with Gasteiger partial charge in [-0.15, -0.1) is 0 Å². The van der Waals surface area contributed by atoms with Crippen LogP contribution in [0.4, 0.5) is 24.5 Å². The van der Waals surface area contributed by atoms with E-state index in [4.69, 9.17) is 0 Å². The van der Waals surface area contributed by atoms with Crippen molar-refractivity contribution in [2.75, 3.05) is 10.0 Å². The maximum absolute atomic E-state index is 12.8. The topological polar surface area (TPSA) is 121 Å². The smallest absolute Gasteiger partial charge is 0.321 e. The molecule has 0 spiro atoms. The third kappa shape index (κ3) is 5.03. The number of rotatable bonds is 5. The summed E-state index contributed by atoms with van der Waals surface area (Å²) in [6, 6.07) is 11.1. The van der Waals surface area contributed by atoms with Gasteiger partial charge in [0, 0.05) is 17.4 Å². The highest BCUT2D eigenvalue weighted by Crippen LogP contribution is 2.31. The molecular formula is C18H13F3N4O4S. The van der Waals surface area contributed by atoms with Crippen molar-refractivity contribution >= 4 is 27.3 Å². The normalized spacial score (nSPS) is 11.7. The van der Waals surface area contributed by atoms with Crippen LogP contribution in [0.25, 0.3) is 0 Å². The van der Waals surface area contributed by atoms with Gasteiger partial charge in [0.25, 0.3) is 21.5 Å². The van der Waals surface area contributed by atoms with Crippen LogP contribution >= 0.6 is 0 Å². The Labute approximate surface area is 167 Å². The number of halogens is 3. The van der Waals surface area contributed by atoms with E-state index < -0.39 is 33.2 Å². The number of hydrogen-bond donors (Lipinski definition) is 3. The number of carbonyl (C=O) groups is 1. The zero-order valence-electron chi connectivity index (χ0n) is 14.9. The monoisotopic (exact) mass is 438 g/mol. The van der Waals surface area contributed by atoms with E-state index in [1.165, 1.54) is 36.4 Å². The highest BCUT2D eigenvalue weighted by Gasteiger charge is 2.30. The molecule has 3 rings (SSSR count). The second-order valence-corrected chi connectivity index (χ2v) is 7.65. The molecule has 3 aromatic rings. The first-order chi connectivity index (χ1) is 14.0. The van der Waals surface area contributed by atoms with Crippen LogP contribution in [0.5, 0.6) is 0 Å². The Bertz CT molecular complexity index is 1220. The van der Waals surface area contributed by atoms with E-state index >= 15 is 0 Å². The maximum Gasteiger partial charge on any atom is 0.416 e. The molecule has 1 aromatic heterocycles. The number of amides is 1. The van der Waals surface area contributed by atoms with E-state index in [9.17, 15) is 31.2 Å². The molecule has 1 heterocycles. The lowest BCUT2D eigenvalue weighted by atomic mass is 10.2. The van der Waals surface area contributed by atoms with Crippen molar-refractivity contribution in [1.29, 1.82) is 0 Å². The SMILES string of the molecule is O=C(Nc1ccc(S(=O)(=O)Nc2cccc(C(F)(F)F)c2)cc1)c1ccc(=O)[nH]n1. The second kappa shape index (κ2) is 7.99. The number of anilines is 2. The van der Waals surface area contributed by atoms with Crippen LogP contribution in [0.2, 0.25) is 0 Å². The van der Waals surface area contributed by atoms with Crippen molar-refractivity contribution in [2.24, 2.45) is 0 Å². The number of hydrogen-bond acceptors (Lipinski definition) is 5. The lowest BCUT2D eigenvalue weighted by molar-refractivity contribution is -0.137. The van der Waals surface area contributed by atoms with Gasteiger partial charge in [0.15, 0.2) is 0 Å². The van der Waals surface area contributed by atoms with Gasteiger partial charge in [0.05, 0.1) is 10.5 Å². The predicted molar refractivity (Wildman–Crippen MR) is 102 cm³/mol. The van der Waals surface area contributed by atoms with Gasteiger partial charge in [-0.2, -0.15) is 18.3 Å². The van der Waals surface area contributed by atoms with Crippen LogP contribution < -0.4 is 15.6 Å². The quantitative estimate of drug-likeness (QED) is 0.566. The molecule has 0 aliphatic carbocycles. The summed E-state index contributed by atoms with van der Waals surface area (Å²) in [5, 5.41) is 8.14. The van der Waals surface area contributed by atoms with Crippen LogP contribution in [0.15, 0.2) is 70.4 Å².